The summed E-state index contributed by atoms with van der Waals surface area (Å²) in [4.78, 5) is 8.61. The number of nitrogens with zero attached hydrogens (tertiary/aromatic N) is 3. The molecule has 0 saturated heterocycles. The molecule has 0 aliphatic heterocycles. The van der Waals surface area contributed by atoms with Gasteiger partial charge in [0, 0.05) is 19.0 Å². The number of hydrogen-bond donors (Lipinski definition) is 1. The van der Waals surface area contributed by atoms with Gasteiger partial charge in [-0.2, -0.15) is 0 Å². The molecule has 19 heavy (non-hydrogen) atoms. The molecule has 0 atom stereocenters. The van der Waals surface area contributed by atoms with Gasteiger partial charge in [0.25, 0.3) is 0 Å². The highest BCUT2D eigenvalue weighted by Crippen LogP contribution is 2.30. The van der Waals surface area contributed by atoms with Crippen LogP contribution in [0.3, 0.4) is 0 Å². The lowest BCUT2D eigenvalue weighted by atomic mass is 10.1. The Labute approximate surface area is 118 Å². The molecule has 0 aliphatic rings. The summed E-state index contributed by atoms with van der Waals surface area (Å²) in [5, 5.41) is 0. The van der Waals surface area contributed by atoms with Crippen LogP contribution in [-0.4, -0.2) is 21.1 Å². The second-order valence-electron chi connectivity index (χ2n) is 4.30. The zero-order valence-electron chi connectivity index (χ0n) is 10.4. The quantitative estimate of drug-likeness (QED) is 0.805. The molecule has 3 aromatic rings. The monoisotopic (exact) mass is 320 g/mol. The molecule has 3 rings (SSSR count). The minimum atomic E-state index is 0.581. The molecule has 0 radical (unpaired) electrons. The number of hydrogen-bond acceptors (Lipinski definition) is 4. The van der Waals surface area contributed by atoms with Crippen LogP contribution in [0.25, 0.3) is 22.4 Å². The first-order chi connectivity index (χ1) is 9.20. The van der Waals surface area contributed by atoms with Gasteiger partial charge in [-0.05, 0) is 34.6 Å². The van der Waals surface area contributed by atoms with Gasteiger partial charge in [0.2, 0.25) is 0 Å². The fraction of sp³-hybridized carbons (Fsp3) is 0.231. The summed E-state index contributed by atoms with van der Waals surface area (Å²) >= 11 is 3.51. The molecule has 0 fully saturated rings. The van der Waals surface area contributed by atoms with Crippen molar-refractivity contribution < 1.29 is 4.42 Å². The third kappa shape index (κ3) is 2.06. The summed E-state index contributed by atoms with van der Waals surface area (Å²) in [5.41, 5.74) is 9.27. The Morgan fingerprint density at radius 1 is 1.42 bits per heavy atom. The van der Waals surface area contributed by atoms with Crippen molar-refractivity contribution in [2.75, 3.05) is 6.54 Å². The van der Waals surface area contributed by atoms with Crippen LogP contribution in [-0.2, 0) is 13.5 Å². The van der Waals surface area contributed by atoms with Gasteiger partial charge in [0.1, 0.15) is 15.9 Å². The lowest BCUT2D eigenvalue weighted by Gasteiger charge is -2.05. The molecule has 5 nitrogen and oxygen atoms in total. The van der Waals surface area contributed by atoms with Crippen LogP contribution in [0.4, 0.5) is 0 Å². The minimum Gasteiger partial charge on any atom is -0.443 e. The minimum absolute atomic E-state index is 0.581. The van der Waals surface area contributed by atoms with Gasteiger partial charge in [-0.1, -0.05) is 6.07 Å². The zero-order chi connectivity index (χ0) is 13.4. The number of benzene rings is 1. The van der Waals surface area contributed by atoms with E-state index in [4.69, 9.17) is 10.2 Å². The summed E-state index contributed by atoms with van der Waals surface area (Å²) < 4.78 is 8.21. The average molecular weight is 321 g/mol. The van der Waals surface area contributed by atoms with Crippen molar-refractivity contribution in [3.05, 3.63) is 35.0 Å². The van der Waals surface area contributed by atoms with E-state index in [1.54, 1.807) is 0 Å². The van der Waals surface area contributed by atoms with Gasteiger partial charge in [-0.25, -0.2) is 9.97 Å². The Bertz CT molecular complexity index is 731. The molecule has 0 saturated carbocycles. The summed E-state index contributed by atoms with van der Waals surface area (Å²) in [6.07, 6.45) is 2.20. The van der Waals surface area contributed by atoms with Crippen LogP contribution in [0.15, 0.2) is 33.6 Å². The fourth-order valence-corrected chi connectivity index (χ4v) is 2.88. The highest BCUT2D eigenvalue weighted by Gasteiger charge is 2.15. The first-order valence-electron chi connectivity index (χ1n) is 5.95. The molecule has 2 heterocycles. The van der Waals surface area contributed by atoms with Crippen LogP contribution < -0.4 is 5.73 Å². The molecule has 0 unspecified atom stereocenters. The highest BCUT2D eigenvalue weighted by atomic mass is 79.9. The topological polar surface area (TPSA) is 69.9 Å². The molecule has 6 heteroatoms. The van der Waals surface area contributed by atoms with E-state index in [-0.39, 0.29) is 0 Å². The van der Waals surface area contributed by atoms with E-state index in [2.05, 4.69) is 30.5 Å². The Hall–Kier alpha value is -1.66. The second-order valence-corrected chi connectivity index (χ2v) is 5.05. The first kappa shape index (κ1) is 12.4. The van der Waals surface area contributed by atoms with Gasteiger partial charge in [0.05, 0.1) is 5.69 Å². The number of imidazole rings is 1. The Balaban J connectivity index is 2.14. The maximum Gasteiger partial charge on any atom is 0.181 e. The molecule has 0 bridgehead atoms. The largest absolute Gasteiger partial charge is 0.443 e. The molecule has 2 N–H and O–H groups in total. The van der Waals surface area contributed by atoms with Crippen LogP contribution in [0.2, 0.25) is 0 Å². The number of aromatic nitrogens is 3. The van der Waals surface area contributed by atoms with Crippen LogP contribution in [0, 0.1) is 0 Å². The second kappa shape index (κ2) is 4.79. The number of fused-ring (bicyclic) bond motifs is 1. The summed E-state index contributed by atoms with van der Waals surface area (Å²) in [6, 6.07) is 5.92. The van der Waals surface area contributed by atoms with Gasteiger partial charge in [-0.15, -0.1) is 0 Å². The van der Waals surface area contributed by atoms with E-state index in [9.17, 15) is 0 Å². The molecule has 1 aromatic carbocycles. The van der Waals surface area contributed by atoms with Crippen LogP contribution in [0.5, 0.6) is 0 Å². The highest BCUT2D eigenvalue weighted by molar-refractivity contribution is 9.10. The van der Waals surface area contributed by atoms with Crippen molar-refractivity contribution in [3.8, 4) is 11.3 Å². The maximum atomic E-state index is 5.60. The third-order valence-electron chi connectivity index (χ3n) is 3.12. The Morgan fingerprint density at radius 2 is 2.26 bits per heavy atom. The van der Waals surface area contributed by atoms with Gasteiger partial charge in [-0.3, -0.25) is 0 Å². The fourth-order valence-electron chi connectivity index (χ4n) is 2.18. The molecule has 0 aliphatic carbocycles. The van der Waals surface area contributed by atoms with Crippen molar-refractivity contribution in [2.45, 2.75) is 6.42 Å². The molecular weight excluding hydrogens is 308 g/mol. The van der Waals surface area contributed by atoms with Crippen molar-refractivity contribution in [2.24, 2.45) is 12.8 Å². The molecule has 2 aromatic heterocycles. The predicted molar refractivity (Wildman–Crippen MR) is 76.7 cm³/mol. The lowest BCUT2D eigenvalue weighted by Crippen LogP contribution is -2.08. The normalized spacial score (nSPS) is 11.3. The zero-order valence-corrected chi connectivity index (χ0v) is 12.0. The van der Waals surface area contributed by atoms with E-state index < -0.39 is 0 Å². The molecule has 98 valence electrons. The van der Waals surface area contributed by atoms with Crippen molar-refractivity contribution in [1.29, 1.82) is 0 Å². The van der Waals surface area contributed by atoms with Gasteiger partial charge in [0.15, 0.2) is 12.0 Å². The van der Waals surface area contributed by atoms with Crippen molar-refractivity contribution >= 4 is 27.0 Å². The van der Waals surface area contributed by atoms with Crippen molar-refractivity contribution in [1.82, 2.24) is 14.5 Å². The van der Waals surface area contributed by atoms with E-state index in [0.29, 0.717) is 6.54 Å². The summed E-state index contributed by atoms with van der Waals surface area (Å²) in [6.45, 7) is 0.581. The summed E-state index contributed by atoms with van der Waals surface area (Å²) in [5.74, 6) is 0.960. The molecular formula is C13H13BrN4O. The Kier molecular flexibility index (Phi) is 3.12. The lowest BCUT2D eigenvalue weighted by molar-refractivity contribution is 0.602. The van der Waals surface area contributed by atoms with E-state index in [1.807, 2.05) is 25.2 Å². The summed E-state index contributed by atoms with van der Waals surface area (Å²) in [7, 11) is 1.99. The van der Waals surface area contributed by atoms with E-state index in [1.165, 1.54) is 6.39 Å². The van der Waals surface area contributed by atoms with Crippen LogP contribution in [0.1, 0.15) is 5.82 Å². The van der Waals surface area contributed by atoms with E-state index >= 15 is 0 Å². The van der Waals surface area contributed by atoms with Crippen molar-refractivity contribution in [3.63, 3.8) is 0 Å². The molecule has 0 amide bonds. The third-order valence-corrected chi connectivity index (χ3v) is 3.67. The van der Waals surface area contributed by atoms with Gasteiger partial charge < -0.3 is 14.7 Å². The number of rotatable bonds is 3. The number of halogens is 1. The maximum absolute atomic E-state index is 5.60. The smallest absolute Gasteiger partial charge is 0.181 e. The molecule has 0 spiro atoms. The first-order valence-corrected chi connectivity index (χ1v) is 6.75. The van der Waals surface area contributed by atoms with Crippen LogP contribution >= 0.6 is 15.9 Å². The number of oxazole rings is 1. The SMILES string of the molecule is Cn1c(CCN)nc(Br)c1-c1ccc2ncoc2c1. The van der Waals surface area contributed by atoms with Gasteiger partial charge >= 0.3 is 0 Å². The number of nitrogens with two attached hydrogens (primary N) is 1. The van der Waals surface area contributed by atoms with E-state index in [0.717, 1.165) is 39.2 Å². The average Bonchev–Trinajstić information content (AvgIpc) is 2.95. The standard InChI is InChI=1S/C13H13BrN4O/c1-18-11(4-5-15)17-13(14)12(18)8-2-3-9-10(6-8)19-7-16-9/h2-3,6-7H,4-5,15H2,1H3. The predicted octanol–water partition coefficient (Wildman–Crippen LogP) is 2.49. The Morgan fingerprint density at radius 3 is 3.05 bits per heavy atom.